The second kappa shape index (κ2) is 8.82. The van der Waals surface area contributed by atoms with Crippen molar-refractivity contribution in [2.24, 2.45) is 0 Å². The van der Waals surface area contributed by atoms with Crippen LogP contribution in [0.4, 0.5) is 0 Å². The summed E-state index contributed by atoms with van der Waals surface area (Å²) in [7, 11) is -2.33. The third-order valence-corrected chi connectivity index (χ3v) is 5.39. The van der Waals surface area contributed by atoms with Crippen molar-refractivity contribution in [1.29, 1.82) is 0 Å². The molecule has 2 aromatic carbocycles. The largest absolute Gasteiger partial charge is 0.496 e. The van der Waals surface area contributed by atoms with Crippen molar-refractivity contribution < 1.29 is 17.9 Å². The van der Waals surface area contributed by atoms with Crippen LogP contribution in [0.25, 0.3) is 0 Å². The molecule has 0 aliphatic carbocycles. The van der Waals surface area contributed by atoms with E-state index in [1.54, 1.807) is 19.9 Å². The molecule has 2 aromatic rings. The van der Waals surface area contributed by atoms with Gasteiger partial charge in [-0.15, -0.1) is 0 Å². The molecule has 140 valence electrons. The van der Waals surface area contributed by atoms with Crippen LogP contribution in [0.1, 0.15) is 18.1 Å². The number of likely N-dealkylation sites (N-methyl/N-ethyl adjacent to an activating group) is 1. The second-order valence-electron chi connectivity index (χ2n) is 5.89. The summed E-state index contributed by atoms with van der Waals surface area (Å²) in [5, 5.41) is 2.68. The summed E-state index contributed by atoms with van der Waals surface area (Å²) in [6, 6.07) is 13.0. The van der Waals surface area contributed by atoms with Gasteiger partial charge in [0.1, 0.15) is 11.8 Å². The maximum Gasteiger partial charge on any atom is 0.241 e. The average Bonchev–Trinajstić information content (AvgIpc) is 2.62. The highest BCUT2D eigenvalue weighted by molar-refractivity contribution is 7.89. The Hall–Kier alpha value is -2.38. The van der Waals surface area contributed by atoms with E-state index < -0.39 is 16.1 Å². The van der Waals surface area contributed by atoms with Crippen LogP contribution in [-0.4, -0.2) is 34.0 Å². The zero-order valence-corrected chi connectivity index (χ0v) is 16.0. The number of hydrogen-bond donors (Lipinski definition) is 2. The van der Waals surface area contributed by atoms with E-state index in [2.05, 4.69) is 10.0 Å². The minimum atomic E-state index is -3.86. The Balaban J connectivity index is 2.27. The van der Waals surface area contributed by atoms with Crippen LogP contribution in [0, 0.1) is 6.92 Å². The lowest BCUT2D eigenvalue weighted by Crippen LogP contribution is -2.47. The molecule has 7 heteroatoms. The van der Waals surface area contributed by atoms with Gasteiger partial charge in [-0.25, -0.2) is 8.42 Å². The topological polar surface area (TPSA) is 84.5 Å². The highest BCUT2D eigenvalue weighted by atomic mass is 32.2. The third kappa shape index (κ3) is 5.06. The normalized spacial score (nSPS) is 12.4. The number of carbonyl (C=O) groups is 1. The third-order valence-electron chi connectivity index (χ3n) is 3.92. The standard InChI is InChI=1S/C19H24N2O4S/c1-4-20-19(22)17(13-15-8-6-5-7-9-15)21-26(23,24)16-10-11-18(25-3)14(2)12-16/h5-12,17,21H,4,13H2,1-3H3,(H,20,22)/t17-/m0/s1. The van der Waals surface area contributed by atoms with Crippen LogP contribution >= 0.6 is 0 Å². The second-order valence-corrected chi connectivity index (χ2v) is 7.60. The lowest BCUT2D eigenvalue weighted by Gasteiger charge is -2.19. The number of benzene rings is 2. The molecule has 0 aromatic heterocycles. The highest BCUT2D eigenvalue weighted by Crippen LogP contribution is 2.21. The zero-order valence-electron chi connectivity index (χ0n) is 15.2. The Labute approximate surface area is 154 Å². The van der Waals surface area contributed by atoms with Crippen molar-refractivity contribution in [2.75, 3.05) is 13.7 Å². The van der Waals surface area contributed by atoms with Gasteiger partial charge in [0.2, 0.25) is 15.9 Å². The number of sulfonamides is 1. The molecule has 0 saturated heterocycles. The molecule has 0 unspecified atom stereocenters. The summed E-state index contributed by atoms with van der Waals surface area (Å²) in [4.78, 5) is 12.5. The molecular formula is C19H24N2O4S. The minimum absolute atomic E-state index is 0.0955. The molecule has 26 heavy (non-hydrogen) atoms. The molecule has 0 aliphatic rings. The summed E-state index contributed by atoms with van der Waals surface area (Å²) in [6.45, 7) is 3.98. The summed E-state index contributed by atoms with van der Waals surface area (Å²) < 4.78 is 33.2. The van der Waals surface area contributed by atoms with E-state index in [4.69, 9.17) is 4.74 Å². The Morgan fingerprint density at radius 2 is 1.85 bits per heavy atom. The Morgan fingerprint density at radius 1 is 1.15 bits per heavy atom. The maximum atomic E-state index is 12.8. The van der Waals surface area contributed by atoms with Crippen molar-refractivity contribution in [1.82, 2.24) is 10.0 Å². The van der Waals surface area contributed by atoms with Gasteiger partial charge in [0.25, 0.3) is 0 Å². The lowest BCUT2D eigenvalue weighted by molar-refractivity contribution is -0.122. The minimum Gasteiger partial charge on any atom is -0.496 e. The van der Waals surface area contributed by atoms with Crippen molar-refractivity contribution in [2.45, 2.75) is 31.2 Å². The van der Waals surface area contributed by atoms with Gasteiger partial charge in [0.15, 0.2) is 0 Å². The molecule has 0 saturated carbocycles. The Bertz CT molecular complexity index is 851. The van der Waals surface area contributed by atoms with E-state index in [-0.39, 0.29) is 17.2 Å². The fourth-order valence-corrected chi connectivity index (χ4v) is 3.89. The molecule has 6 nitrogen and oxygen atoms in total. The molecule has 0 spiro atoms. The van der Waals surface area contributed by atoms with Crippen molar-refractivity contribution in [3.63, 3.8) is 0 Å². The summed E-state index contributed by atoms with van der Waals surface area (Å²) >= 11 is 0. The van der Waals surface area contributed by atoms with Gasteiger partial charge in [-0.1, -0.05) is 30.3 Å². The van der Waals surface area contributed by atoms with Gasteiger partial charge in [-0.3, -0.25) is 4.79 Å². The van der Waals surface area contributed by atoms with Crippen LogP contribution in [0.5, 0.6) is 5.75 Å². The molecule has 2 rings (SSSR count). The van der Waals surface area contributed by atoms with Crippen LogP contribution in [0.3, 0.4) is 0 Å². The molecule has 0 fully saturated rings. The molecule has 0 heterocycles. The summed E-state index contributed by atoms with van der Waals surface area (Å²) in [5.74, 6) is 0.249. The average molecular weight is 376 g/mol. The van der Waals surface area contributed by atoms with E-state index in [0.717, 1.165) is 5.56 Å². The number of ether oxygens (including phenoxy) is 1. The highest BCUT2D eigenvalue weighted by Gasteiger charge is 2.26. The molecule has 0 bridgehead atoms. The van der Waals surface area contributed by atoms with Gasteiger partial charge in [-0.05, 0) is 49.6 Å². The first-order valence-corrected chi connectivity index (χ1v) is 9.84. The van der Waals surface area contributed by atoms with E-state index in [0.29, 0.717) is 17.9 Å². The number of rotatable bonds is 8. The van der Waals surface area contributed by atoms with Gasteiger partial charge in [-0.2, -0.15) is 4.72 Å². The van der Waals surface area contributed by atoms with Gasteiger partial charge in [0.05, 0.1) is 12.0 Å². The first kappa shape index (κ1) is 19.9. The number of hydrogen-bond acceptors (Lipinski definition) is 4. The smallest absolute Gasteiger partial charge is 0.241 e. The monoisotopic (exact) mass is 376 g/mol. The first-order valence-electron chi connectivity index (χ1n) is 8.36. The lowest BCUT2D eigenvalue weighted by atomic mass is 10.1. The number of aryl methyl sites for hydroxylation is 1. The SMILES string of the molecule is CCNC(=O)[C@H](Cc1ccccc1)NS(=O)(=O)c1ccc(OC)c(C)c1. The van der Waals surface area contributed by atoms with Crippen molar-refractivity contribution in [3.05, 3.63) is 59.7 Å². The van der Waals surface area contributed by atoms with E-state index in [1.165, 1.54) is 19.2 Å². The van der Waals surface area contributed by atoms with Crippen LogP contribution in [0.15, 0.2) is 53.4 Å². The maximum absolute atomic E-state index is 12.8. The van der Waals surface area contributed by atoms with Crippen molar-refractivity contribution >= 4 is 15.9 Å². The zero-order chi connectivity index (χ0) is 19.2. The predicted molar refractivity (Wildman–Crippen MR) is 101 cm³/mol. The van der Waals surface area contributed by atoms with E-state index in [9.17, 15) is 13.2 Å². The van der Waals surface area contributed by atoms with Crippen LogP contribution in [0.2, 0.25) is 0 Å². The molecule has 1 amide bonds. The van der Waals surface area contributed by atoms with Gasteiger partial charge < -0.3 is 10.1 Å². The Morgan fingerprint density at radius 3 is 2.42 bits per heavy atom. The molecule has 0 radical (unpaired) electrons. The number of amides is 1. The molecule has 0 aliphatic heterocycles. The molecule has 2 N–H and O–H groups in total. The fourth-order valence-electron chi connectivity index (χ4n) is 2.61. The molecular weight excluding hydrogens is 352 g/mol. The first-order chi connectivity index (χ1) is 12.4. The fraction of sp³-hybridized carbons (Fsp3) is 0.316. The predicted octanol–water partition coefficient (Wildman–Crippen LogP) is 2.03. The van der Waals surface area contributed by atoms with E-state index >= 15 is 0 Å². The number of carbonyl (C=O) groups excluding carboxylic acids is 1. The Kier molecular flexibility index (Phi) is 6.76. The van der Waals surface area contributed by atoms with Gasteiger partial charge >= 0.3 is 0 Å². The quantitative estimate of drug-likeness (QED) is 0.738. The van der Waals surface area contributed by atoms with Crippen LogP contribution in [-0.2, 0) is 21.2 Å². The van der Waals surface area contributed by atoms with Crippen molar-refractivity contribution in [3.8, 4) is 5.75 Å². The number of nitrogens with one attached hydrogen (secondary N) is 2. The summed E-state index contributed by atoms with van der Waals surface area (Å²) in [5.41, 5.74) is 1.57. The van der Waals surface area contributed by atoms with Gasteiger partial charge in [0, 0.05) is 6.54 Å². The molecule has 1 atom stereocenters. The van der Waals surface area contributed by atoms with Crippen LogP contribution < -0.4 is 14.8 Å². The van der Waals surface area contributed by atoms with E-state index in [1.807, 2.05) is 30.3 Å². The number of methoxy groups -OCH3 is 1. The summed E-state index contributed by atoms with van der Waals surface area (Å²) in [6.07, 6.45) is 0.265.